The van der Waals surface area contributed by atoms with Gasteiger partial charge in [-0.1, -0.05) is 17.7 Å². The van der Waals surface area contributed by atoms with Crippen molar-refractivity contribution >= 4 is 34.9 Å². The van der Waals surface area contributed by atoms with Crippen molar-refractivity contribution in [2.24, 2.45) is 0 Å². The number of urea groups is 1. The van der Waals surface area contributed by atoms with Crippen LogP contribution in [-0.4, -0.2) is 42.7 Å². The second kappa shape index (κ2) is 7.48. The van der Waals surface area contributed by atoms with Crippen LogP contribution in [0.3, 0.4) is 0 Å². The van der Waals surface area contributed by atoms with Gasteiger partial charge >= 0.3 is 6.03 Å². The molecular weight excluding hydrogens is 392 g/mol. The molecule has 8 heteroatoms. The van der Waals surface area contributed by atoms with E-state index in [9.17, 15) is 9.59 Å². The van der Waals surface area contributed by atoms with Gasteiger partial charge in [0.15, 0.2) is 0 Å². The highest BCUT2D eigenvalue weighted by atomic mass is 35.5. The first kappa shape index (κ1) is 19.4. The Morgan fingerprint density at radius 1 is 1.17 bits per heavy atom. The third-order valence-corrected chi connectivity index (χ3v) is 5.69. The van der Waals surface area contributed by atoms with E-state index in [0.717, 1.165) is 11.3 Å². The lowest BCUT2D eigenvalue weighted by molar-refractivity contribution is 0.0852. The molecule has 0 bridgehead atoms. The molecule has 2 aliphatic rings. The molecule has 0 aromatic heterocycles. The van der Waals surface area contributed by atoms with Gasteiger partial charge in [-0.2, -0.15) is 0 Å². The van der Waals surface area contributed by atoms with E-state index in [2.05, 4.69) is 16.0 Å². The van der Waals surface area contributed by atoms with Crippen molar-refractivity contribution in [3.63, 3.8) is 0 Å². The summed E-state index contributed by atoms with van der Waals surface area (Å²) in [7, 11) is 1.58. The summed E-state index contributed by atoms with van der Waals surface area (Å²) < 4.78 is 5.33. The van der Waals surface area contributed by atoms with Crippen LogP contribution in [0.1, 0.15) is 28.8 Å². The van der Waals surface area contributed by atoms with Crippen molar-refractivity contribution in [1.82, 2.24) is 10.2 Å². The summed E-state index contributed by atoms with van der Waals surface area (Å²) in [4.78, 5) is 27.0. The Bertz CT molecular complexity index is 970. The predicted molar refractivity (Wildman–Crippen MR) is 113 cm³/mol. The molecule has 1 spiro atoms. The van der Waals surface area contributed by atoms with E-state index in [-0.39, 0.29) is 11.9 Å². The van der Waals surface area contributed by atoms with Crippen LogP contribution in [0.25, 0.3) is 0 Å². The van der Waals surface area contributed by atoms with Crippen molar-refractivity contribution in [2.75, 3.05) is 30.8 Å². The topological polar surface area (TPSA) is 82.7 Å². The van der Waals surface area contributed by atoms with Crippen molar-refractivity contribution in [2.45, 2.75) is 25.4 Å². The molecule has 0 radical (unpaired) electrons. The first-order valence-corrected chi connectivity index (χ1v) is 9.88. The summed E-state index contributed by atoms with van der Waals surface area (Å²) in [5, 5.41) is 10.0. The summed E-state index contributed by atoms with van der Waals surface area (Å²) >= 11 is 6.09. The van der Waals surface area contributed by atoms with Gasteiger partial charge in [-0.3, -0.25) is 4.79 Å². The Hall–Kier alpha value is -2.93. The number of halogens is 1. The molecule has 0 atom stereocenters. The average Bonchev–Trinajstić information content (AvgIpc) is 2.68. The molecule has 7 nitrogen and oxygen atoms in total. The summed E-state index contributed by atoms with van der Waals surface area (Å²) in [5.41, 5.74) is 2.40. The molecule has 0 saturated carbocycles. The molecule has 2 aromatic rings. The van der Waals surface area contributed by atoms with Gasteiger partial charge in [0.2, 0.25) is 0 Å². The first-order chi connectivity index (χ1) is 13.9. The van der Waals surface area contributed by atoms with Crippen LogP contribution in [0.2, 0.25) is 5.02 Å². The van der Waals surface area contributed by atoms with Crippen LogP contribution in [0, 0.1) is 6.92 Å². The SMILES string of the molecule is COc1ccc(C)cc1NC(=O)N1CCC2(CC1)NC(=O)c1ccc(Cl)cc1N2. The monoisotopic (exact) mass is 414 g/mol. The molecule has 2 aliphatic heterocycles. The maximum Gasteiger partial charge on any atom is 0.321 e. The number of likely N-dealkylation sites (tertiary alicyclic amines) is 1. The van der Waals surface area contributed by atoms with Gasteiger partial charge in [0.05, 0.1) is 24.0 Å². The number of rotatable bonds is 2. The van der Waals surface area contributed by atoms with E-state index in [1.54, 1.807) is 30.2 Å². The lowest BCUT2D eigenvalue weighted by atomic mass is 9.92. The fraction of sp³-hybridized carbons (Fsp3) is 0.333. The second-order valence-corrected chi connectivity index (χ2v) is 7.91. The maximum absolute atomic E-state index is 12.8. The molecule has 4 rings (SSSR count). The van der Waals surface area contributed by atoms with Crippen LogP contribution < -0.4 is 20.7 Å². The molecule has 1 fully saturated rings. The van der Waals surface area contributed by atoms with E-state index in [1.807, 2.05) is 25.1 Å². The zero-order chi connectivity index (χ0) is 20.6. The third-order valence-electron chi connectivity index (χ3n) is 5.45. The molecule has 2 heterocycles. The van der Waals surface area contributed by atoms with Gasteiger partial charge in [-0.25, -0.2) is 4.79 Å². The van der Waals surface area contributed by atoms with Gasteiger partial charge in [0.25, 0.3) is 5.91 Å². The number of anilines is 2. The zero-order valence-corrected chi connectivity index (χ0v) is 17.1. The van der Waals surface area contributed by atoms with Crippen molar-refractivity contribution in [1.29, 1.82) is 0 Å². The number of benzene rings is 2. The van der Waals surface area contributed by atoms with Crippen LogP contribution in [-0.2, 0) is 0 Å². The fourth-order valence-corrected chi connectivity index (χ4v) is 4.02. The van der Waals surface area contributed by atoms with Crippen LogP contribution >= 0.6 is 11.6 Å². The second-order valence-electron chi connectivity index (χ2n) is 7.47. The molecule has 0 unspecified atom stereocenters. The number of piperidine rings is 1. The van der Waals surface area contributed by atoms with E-state index in [4.69, 9.17) is 16.3 Å². The van der Waals surface area contributed by atoms with E-state index < -0.39 is 5.66 Å². The third kappa shape index (κ3) is 3.82. The quantitative estimate of drug-likeness (QED) is 0.697. The number of ether oxygens (including phenoxy) is 1. The van der Waals surface area contributed by atoms with Gasteiger partial charge in [0.1, 0.15) is 11.4 Å². The van der Waals surface area contributed by atoms with Crippen molar-refractivity contribution in [3.8, 4) is 5.75 Å². The number of hydrogen-bond donors (Lipinski definition) is 3. The summed E-state index contributed by atoms with van der Waals surface area (Å²) in [6.45, 7) is 2.97. The number of aryl methyl sites for hydroxylation is 1. The normalized spacial score (nSPS) is 17.2. The van der Waals surface area contributed by atoms with Crippen LogP contribution in [0.5, 0.6) is 5.75 Å². The van der Waals surface area contributed by atoms with Gasteiger partial charge < -0.3 is 25.6 Å². The molecular formula is C21H23ClN4O3. The molecule has 2 aromatic carbocycles. The van der Waals surface area contributed by atoms with Crippen molar-refractivity contribution < 1.29 is 14.3 Å². The van der Waals surface area contributed by atoms with E-state index >= 15 is 0 Å². The zero-order valence-electron chi connectivity index (χ0n) is 16.3. The molecule has 29 heavy (non-hydrogen) atoms. The number of methoxy groups -OCH3 is 1. The minimum atomic E-state index is -0.577. The van der Waals surface area contributed by atoms with E-state index in [0.29, 0.717) is 48.0 Å². The van der Waals surface area contributed by atoms with Gasteiger partial charge in [-0.05, 0) is 42.8 Å². The fourth-order valence-electron chi connectivity index (χ4n) is 3.85. The van der Waals surface area contributed by atoms with Crippen LogP contribution in [0.4, 0.5) is 16.2 Å². The number of hydrogen-bond acceptors (Lipinski definition) is 4. The first-order valence-electron chi connectivity index (χ1n) is 9.50. The number of carbonyl (C=O) groups excluding carboxylic acids is 2. The van der Waals surface area contributed by atoms with Gasteiger partial charge in [0, 0.05) is 31.0 Å². The summed E-state index contributed by atoms with van der Waals surface area (Å²) in [6, 6.07) is 10.6. The largest absolute Gasteiger partial charge is 0.495 e. The van der Waals surface area contributed by atoms with Crippen LogP contribution in [0.15, 0.2) is 36.4 Å². The summed E-state index contributed by atoms with van der Waals surface area (Å²) in [6.07, 6.45) is 1.17. The smallest absolute Gasteiger partial charge is 0.321 e. The molecule has 1 saturated heterocycles. The predicted octanol–water partition coefficient (Wildman–Crippen LogP) is 3.84. The van der Waals surface area contributed by atoms with E-state index in [1.165, 1.54) is 0 Å². The lowest BCUT2D eigenvalue weighted by Crippen LogP contribution is -2.63. The lowest BCUT2D eigenvalue weighted by Gasteiger charge is -2.45. The summed E-state index contributed by atoms with van der Waals surface area (Å²) in [5.74, 6) is 0.491. The number of fused-ring (bicyclic) bond motifs is 1. The average molecular weight is 415 g/mol. The molecule has 152 valence electrons. The maximum atomic E-state index is 12.8. The Labute approximate surface area is 174 Å². The Morgan fingerprint density at radius 2 is 1.93 bits per heavy atom. The minimum absolute atomic E-state index is 0.127. The number of carbonyl (C=O) groups is 2. The Kier molecular flexibility index (Phi) is 5.00. The standard InChI is InChI=1S/C21H23ClN4O3/c1-13-3-6-18(29-2)17(11-13)23-20(28)26-9-7-21(8-10-26)24-16-12-14(22)4-5-15(16)19(27)25-21/h3-6,11-12,24H,7-10H2,1-2H3,(H,23,28)(H,25,27). The van der Waals surface area contributed by atoms with Crippen molar-refractivity contribution in [3.05, 3.63) is 52.5 Å². The number of amides is 3. The highest BCUT2D eigenvalue weighted by Gasteiger charge is 2.41. The highest BCUT2D eigenvalue weighted by molar-refractivity contribution is 6.31. The Morgan fingerprint density at radius 3 is 2.66 bits per heavy atom. The molecule has 3 N–H and O–H groups in total. The highest BCUT2D eigenvalue weighted by Crippen LogP contribution is 2.33. The Balaban J connectivity index is 1.44. The number of nitrogens with one attached hydrogen (secondary N) is 3. The van der Waals surface area contributed by atoms with Gasteiger partial charge in [-0.15, -0.1) is 0 Å². The number of nitrogens with zero attached hydrogens (tertiary/aromatic N) is 1. The molecule has 0 aliphatic carbocycles. The minimum Gasteiger partial charge on any atom is -0.495 e. The molecule has 3 amide bonds.